The number of rotatable bonds is 7. The van der Waals surface area contributed by atoms with Crippen LogP contribution in [-0.2, 0) is 0 Å². The fraction of sp³-hybridized carbons (Fsp3) is 0.235. The van der Waals surface area contributed by atoms with Crippen molar-refractivity contribution in [3.05, 3.63) is 47.5 Å². The van der Waals surface area contributed by atoms with E-state index in [1.54, 1.807) is 44.6 Å². The van der Waals surface area contributed by atoms with Crippen LogP contribution in [0.2, 0.25) is 5.02 Å². The Bertz CT molecular complexity index is 713. The number of guanidine groups is 1. The smallest absolute Gasteiger partial charge is 0.193 e. The summed E-state index contributed by atoms with van der Waals surface area (Å²) in [4.78, 5) is 4.22. The molecule has 6 nitrogen and oxygen atoms in total. The maximum absolute atomic E-state index is 5.89. The summed E-state index contributed by atoms with van der Waals surface area (Å²) < 4.78 is 16.0. The number of hydrogen-bond donors (Lipinski definition) is 2. The van der Waals surface area contributed by atoms with Gasteiger partial charge < -0.3 is 25.3 Å². The van der Waals surface area contributed by atoms with Gasteiger partial charge in [-0.15, -0.1) is 24.0 Å². The summed E-state index contributed by atoms with van der Waals surface area (Å²) in [6.07, 6.45) is 0. The average molecular weight is 478 g/mol. The third kappa shape index (κ3) is 6.87. The number of nitrogens with one attached hydrogen (secondary N) is 1. The molecule has 0 fully saturated rings. The number of nitrogens with zero attached hydrogens (tertiary/aromatic N) is 1. The number of anilines is 1. The van der Waals surface area contributed by atoms with Crippen LogP contribution in [0.5, 0.6) is 17.2 Å². The van der Waals surface area contributed by atoms with Gasteiger partial charge in [0.25, 0.3) is 0 Å². The van der Waals surface area contributed by atoms with E-state index in [1.165, 1.54) is 0 Å². The molecule has 0 radical (unpaired) electrons. The summed E-state index contributed by atoms with van der Waals surface area (Å²) in [5.74, 6) is 2.29. The topological polar surface area (TPSA) is 78.1 Å². The fourth-order valence-electron chi connectivity index (χ4n) is 1.98. The van der Waals surface area contributed by atoms with Gasteiger partial charge in [-0.05, 0) is 30.3 Å². The van der Waals surface area contributed by atoms with Crippen molar-refractivity contribution >= 4 is 47.2 Å². The Kier molecular flexibility index (Phi) is 9.22. The first-order valence-corrected chi connectivity index (χ1v) is 7.67. The van der Waals surface area contributed by atoms with Gasteiger partial charge in [-0.3, -0.25) is 0 Å². The van der Waals surface area contributed by atoms with Gasteiger partial charge in [0, 0.05) is 11.1 Å². The molecule has 0 bridgehead atoms. The molecule has 2 rings (SSSR count). The molecule has 0 aliphatic heterocycles. The van der Waals surface area contributed by atoms with E-state index in [9.17, 15) is 0 Å². The van der Waals surface area contributed by atoms with E-state index in [0.29, 0.717) is 41.1 Å². The summed E-state index contributed by atoms with van der Waals surface area (Å²) in [5.41, 5.74) is 6.57. The molecule has 0 aliphatic rings. The van der Waals surface area contributed by atoms with Crippen molar-refractivity contribution in [1.29, 1.82) is 0 Å². The SMILES string of the molecule is COc1ccc(OC)c(NC(N)=NCCOc2cccc(Cl)c2)c1.I. The second-order valence-electron chi connectivity index (χ2n) is 4.76. The zero-order valence-electron chi connectivity index (χ0n) is 14.0. The molecule has 0 saturated heterocycles. The normalized spacial score (nSPS) is 10.6. The number of ether oxygens (including phenoxy) is 3. The maximum Gasteiger partial charge on any atom is 0.193 e. The van der Waals surface area contributed by atoms with Gasteiger partial charge in [-0.1, -0.05) is 17.7 Å². The predicted molar refractivity (Wildman–Crippen MR) is 112 cm³/mol. The Morgan fingerprint density at radius 2 is 1.92 bits per heavy atom. The van der Waals surface area contributed by atoms with Crippen LogP contribution in [-0.4, -0.2) is 33.3 Å². The Hall–Kier alpha value is -1.87. The molecule has 25 heavy (non-hydrogen) atoms. The van der Waals surface area contributed by atoms with Gasteiger partial charge in [-0.2, -0.15) is 0 Å². The maximum atomic E-state index is 5.89. The van der Waals surface area contributed by atoms with Crippen LogP contribution in [0.25, 0.3) is 0 Å². The van der Waals surface area contributed by atoms with Gasteiger partial charge in [-0.25, -0.2) is 4.99 Å². The lowest BCUT2D eigenvalue weighted by molar-refractivity contribution is 0.329. The molecule has 0 spiro atoms. The van der Waals surface area contributed by atoms with Crippen LogP contribution in [0.3, 0.4) is 0 Å². The zero-order valence-corrected chi connectivity index (χ0v) is 17.1. The van der Waals surface area contributed by atoms with Crippen LogP contribution in [0, 0.1) is 0 Å². The minimum atomic E-state index is 0. The van der Waals surface area contributed by atoms with E-state index in [0.717, 1.165) is 0 Å². The number of benzene rings is 2. The molecule has 8 heteroatoms. The largest absolute Gasteiger partial charge is 0.497 e. The lowest BCUT2D eigenvalue weighted by Crippen LogP contribution is -2.24. The quantitative estimate of drug-likeness (QED) is 0.275. The Morgan fingerprint density at radius 1 is 1.12 bits per heavy atom. The number of halogens is 2. The summed E-state index contributed by atoms with van der Waals surface area (Å²) >= 11 is 5.89. The molecule has 2 aromatic rings. The Morgan fingerprint density at radius 3 is 2.60 bits per heavy atom. The second kappa shape index (κ2) is 10.9. The molecule has 0 saturated carbocycles. The number of methoxy groups -OCH3 is 2. The predicted octanol–water partition coefficient (Wildman–Crippen LogP) is 3.78. The summed E-state index contributed by atoms with van der Waals surface area (Å²) in [5, 5.41) is 3.62. The van der Waals surface area contributed by atoms with Gasteiger partial charge in [0.15, 0.2) is 5.96 Å². The first kappa shape index (κ1) is 21.2. The van der Waals surface area contributed by atoms with Crippen LogP contribution >= 0.6 is 35.6 Å². The highest BCUT2D eigenvalue weighted by Crippen LogP contribution is 2.28. The van der Waals surface area contributed by atoms with E-state index >= 15 is 0 Å². The van der Waals surface area contributed by atoms with Gasteiger partial charge in [0.2, 0.25) is 0 Å². The van der Waals surface area contributed by atoms with Gasteiger partial charge >= 0.3 is 0 Å². The first-order chi connectivity index (χ1) is 11.6. The van der Waals surface area contributed by atoms with Crippen molar-refractivity contribution < 1.29 is 14.2 Å². The number of nitrogens with two attached hydrogens (primary N) is 1. The highest BCUT2D eigenvalue weighted by atomic mass is 127. The Balaban J connectivity index is 0.00000312. The van der Waals surface area contributed by atoms with E-state index in [4.69, 9.17) is 31.5 Å². The monoisotopic (exact) mass is 477 g/mol. The Labute approximate surface area is 169 Å². The summed E-state index contributed by atoms with van der Waals surface area (Å²) in [7, 11) is 3.18. The van der Waals surface area contributed by atoms with Crippen LogP contribution in [0.1, 0.15) is 0 Å². The van der Waals surface area contributed by atoms with Crippen molar-refractivity contribution in [2.24, 2.45) is 10.7 Å². The molecule has 136 valence electrons. The minimum absolute atomic E-state index is 0. The van der Waals surface area contributed by atoms with Crippen molar-refractivity contribution in [3.8, 4) is 17.2 Å². The summed E-state index contributed by atoms with van der Waals surface area (Å²) in [6.45, 7) is 0.787. The molecule has 3 N–H and O–H groups in total. The molecule has 0 amide bonds. The van der Waals surface area contributed by atoms with E-state index in [2.05, 4.69) is 10.3 Å². The lowest BCUT2D eigenvalue weighted by Gasteiger charge is -2.12. The van der Waals surface area contributed by atoms with Crippen LogP contribution < -0.4 is 25.3 Å². The van der Waals surface area contributed by atoms with E-state index < -0.39 is 0 Å². The van der Waals surface area contributed by atoms with Crippen molar-refractivity contribution in [1.82, 2.24) is 0 Å². The molecule has 0 heterocycles. The van der Waals surface area contributed by atoms with Gasteiger partial charge in [0.05, 0.1) is 26.5 Å². The average Bonchev–Trinajstić information content (AvgIpc) is 2.58. The summed E-state index contributed by atoms with van der Waals surface area (Å²) in [6, 6.07) is 12.6. The van der Waals surface area contributed by atoms with Crippen molar-refractivity contribution in [2.45, 2.75) is 0 Å². The second-order valence-corrected chi connectivity index (χ2v) is 5.20. The highest BCUT2D eigenvalue weighted by Gasteiger charge is 2.06. The third-order valence-corrected chi connectivity index (χ3v) is 3.34. The number of hydrogen-bond acceptors (Lipinski definition) is 4. The van der Waals surface area contributed by atoms with Crippen molar-refractivity contribution in [2.75, 3.05) is 32.7 Å². The molecule has 0 atom stereocenters. The first-order valence-electron chi connectivity index (χ1n) is 7.29. The molecule has 0 aliphatic carbocycles. The molecule has 0 unspecified atom stereocenters. The molecular weight excluding hydrogens is 457 g/mol. The minimum Gasteiger partial charge on any atom is -0.497 e. The van der Waals surface area contributed by atoms with Gasteiger partial charge in [0.1, 0.15) is 23.9 Å². The van der Waals surface area contributed by atoms with E-state index in [-0.39, 0.29) is 29.9 Å². The third-order valence-electron chi connectivity index (χ3n) is 3.11. The molecular formula is C17H21ClIN3O3. The number of aliphatic imine (C=N–C) groups is 1. The highest BCUT2D eigenvalue weighted by molar-refractivity contribution is 14.0. The zero-order chi connectivity index (χ0) is 17.4. The lowest BCUT2D eigenvalue weighted by atomic mass is 10.2. The molecule has 2 aromatic carbocycles. The van der Waals surface area contributed by atoms with E-state index in [1.807, 2.05) is 12.1 Å². The van der Waals surface area contributed by atoms with Crippen molar-refractivity contribution in [3.63, 3.8) is 0 Å². The van der Waals surface area contributed by atoms with Crippen LogP contribution in [0.15, 0.2) is 47.5 Å². The standard InChI is InChI=1S/C17H20ClN3O3.HI/c1-22-13-6-7-16(23-2)15(11-13)21-17(19)20-8-9-24-14-5-3-4-12(18)10-14;/h3-7,10-11H,8-9H2,1-2H3,(H3,19,20,21);1H. The molecule has 0 aromatic heterocycles. The van der Waals surface area contributed by atoms with Crippen LogP contribution in [0.4, 0.5) is 5.69 Å². The fourth-order valence-corrected chi connectivity index (χ4v) is 2.16.